The lowest BCUT2D eigenvalue weighted by Crippen LogP contribution is -2.52. The Hall–Kier alpha value is -2.77. The molecule has 1 saturated heterocycles. The second kappa shape index (κ2) is 8.30. The molecule has 0 spiro atoms. The van der Waals surface area contributed by atoms with E-state index in [2.05, 4.69) is 4.90 Å². The van der Waals surface area contributed by atoms with Crippen LogP contribution in [-0.4, -0.2) is 46.1 Å². The van der Waals surface area contributed by atoms with Crippen LogP contribution in [0.1, 0.15) is 80.1 Å². The number of piperidine rings is 1. The summed E-state index contributed by atoms with van der Waals surface area (Å²) in [4.78, 5) is 51.9. The van der Waals surface area contributed by atoms with Crippen molar-refractivity contribution < 1.29 is 23.6 Å². The van der Waals surface area contributed by atoms with Gasteiger partial charge in [0.1, 0.15) is 11.6 Å². The number of hydrogen-bond donors (Lipinski definition) is 0. The molecule has 4 aliphatic rings. The monoisotopic (exact) mass is 441 g/mol. The van der Waals surface area contributed by atoms with Gasteiger partial charge in [-0.15, -0.1) is 0 Å². The maximum Gasteiger partial charge on any atom is 0.273 e. The Kier molecular flexibility index (Phi) is 5.47. The number of imide groups is 1. The van der Waals surface area contributed by atoms with E-state index < -0.39 is 11.7 Å². The SMILES string of the molecule is O=C1CCC(N(CCC2CC2)c2c(F)ccc3c2CN(N2C(=O)CCCC2=O)C3=O)CC1. The fraction of sp³-hybridized carbons (Fsp3) is 0.583. The number of carbonyl (C=O) groups is 4. The normalized spacial score (nSPS) is 22.0. The summed E-state index contributed by atoms with van der Waals surface area (Å²) < 4.78 is 15.3. The van der Waals surface area contributed by atoms with Crippen molar-refractivity contribution in [1.29, 1.82) is 0 Å². The zero-order valence-electron chi connectivity index (χ0n) is 18.1. The molecule has 7 nitrogen and oxygen atoms in total. The van der Waals surface area contributed by atoms with Gasteiger partial charge in [0.25, 0.3) is 5.91 Å². The molecule has 0 bridgehead atoms. The zero-order chi connectivity index (χ0) is 22.4. The van der Waals surface area contributed by atoms with Gasteiger partial charge < -0.3 is 4.90 Å². The highest BCUT2D eigenvalue weighted by Gasteiger charge is 2.42. The molecule has 1 aromatic rings. The van der Waals surface area contributed by atoms with E-state index in [0.717, 1.165) is 11.4 Å². The summed E-state index contributed by atoms with van der Waals surface area (Å²) in [6, 6.07) is 2.81. The van der Waals surface area contributed by atoms with Crippen LogP contribution in [0.25, 0.3) is 0 Å². The lowest BCUT2D eigenvalue weighted by atomic mass is 9.91. The quantitative estimate of drug-likeness (QED) is 0.633. The summed E-state index contributed by atoms with van der Waals surface area (Å²) in [5.41, 5.74) is 1.28. The molecule has 2 saturated carbocycles. The molecule has 2 aliphatic heterocycles. The van der Waals surface area contributed by atoms with E-state index in [-0.39, 0.29) is 43.0 Å². The van der Waals surface area contributed by atoms with Gasteiger partial charge in [-0.25, -0.2) is 9.40 Å². The van der Waals surface area contributed by atoms with Crippen molar-refractivity contribution in [2.45, 2.75) is 76.8 Å². The average molecular weight is 442 g/mol. The summed E-state index contributed by atoms with van der Waals surface area (Å²) in [7, 11) is 0. The number of anilines is 1. The first-order valence-corrected chi connectivity index (χ1v) is 11.7. The second-order valence-corrected chi connectivity index (χ2v) is 9.43. The van der Waals surface area contributed by atoms with E-state index in [1.54, 1.807) is 0 Å². The molecule has 3 amide bonds. The largest absolute Gasteiger partial charge is 0.366 e. The first-order chi connectivity index (χ1) is 15.4. The van der Waals surface area contributed by atoms with Crippen LogP contribution in [0, 0.1) is 11.7 Å². The molecule has 2 aliphatic carbocycles. The molecule has 32 heavy (non-hydrogen) atoms. The van der Waals surface area contributed by atoms with Crippen LogP contribution in [0.2, 0.25) is 0 Å². The van der Waals surface area contributed by atoms with Gasteiger partial charge in [-0.2, -0.15) is 5.01 Å². The Morgan fingerprint density at radius 2 is 1.62 bits per heavy atom. The molecule has 2 heterocycles. The van der Waals surface area contributed by atoms with Crippen molar-refractivity contribution >= 4 is 29.2 Å². The molecule has 8 heteroatoms. The molecule has 0 N–H and O–H groups in total. The molecule has 5 rings (SSSR count). The number of benzene rings is 1. The number of hydrazine groups is 1. The molecule has 0 aromatic heterocycles. The molecule has 170 valence electrons. The minimum Gasteiger partial charge on any atom is -0.366 e. The van der Waals surface area contributed by atoms with Crippen molar-refractivity contribution in [3.63, 3.8) is 0 Å². The highest BCUT2D eigenvalue weighted by Crippen LogP contribution is 2.40. The van der Waals surface area contributed by atoms with E-state index >= 15 is 4.39 Å². The highest BCUT2D eigenvalue weighted by atomic mass is 19.1. The van der Waals surface area contributed by atoms with Crippen molar-refractivity contribution in [2.24, 2.45) is 5.92 Å². The van der Waals surface area contributed by atoms with Crippen LogP contribution in [0.5, 0.6) is 0 Å². The standard InChI is InChI=1S/C24H28FN3O4/c25-20-11-10-18-19(14-27(24(18)32)28-21(30)2-1-3-22(28)31)23(20)26(13-12-15-4-5-15)16-6-8-17(29)9-7-16/h10-11,15-16H,1-9,12-14H2. The van der Waals surface area contributed by atoms with Crippen molar-refractivity contribution in [3.05, 3.63) is 29.1 Å². The van der Waals surface area contributed by atoms with Gasteiger partial charge in [-0.1, -0.05) is 12.8 Å². The lowest BCUT2D eigenvalue weighted by Gasteiger charge is -2.37. The second-order valence-electron chi connectivity index (χ2n) is 9.43. The first kappa shape index (κ1) is 21.1. The van der Waals surface area contributed by atoms with Crippen molar-refractivity contribution in [2.75, 3.05) is 11.4 Å². The first-order valence-electron chi connectivity index (χ1n) is 11.7. The number of ketones is 1. The third-order valence-electron chi connectivity index (χ3n) is 7.22. The van der Waals surface area contributed by atoms with Gasteiger partial charge in [0, 0.05) is 49.4 Å². The number of nitrogens with zero attached hydrogens (tertiary/aromatic N) is 3. The van der Waals surface area contributed by atoms with E-state index in [1.165, 1.54) is 30.0 Å². The summed E-state index contributed by atoms with van der Waals surface area (Å²) in [6.07, 6.45) is 6.59. The van der Waals surface area contributed by atoms with Crippen molar-refractivity contribution in [3.8, 4) is 0 Å². The van der Waals surface area contributed by atoms with Crippen LogP contribution in [-0.2, 0) is 20.9 Å². The van der Waals surface area contributed by atoms with Crippen molar-refractivity contribution in [1.82, 2.24) is 10.0 Å². The Morgan fingerprint density at radius 3 is 2.28 bits per heavy atom. The molecule has 1 aromatic carbocycles. The minimum absolute atomic E-state index is 0.00428. The number of halogens is 1. The molecule has 3 fully saturated rings. The van der Waals surface area contributed by atoms with Crippen LogP contribution < -0.4 is 4.90 Å². The smallest absolute Gasteiger partial charge is 0.273 e. The molecular weight excluding hydrogens is 413 g/mol. The number of amides is 3. The number of carbonyl (C=O) groups excluding carboxylic acids is 4. The van der Waals surface area contributed by atoms with Crippen LogP contribution >= 0.6 is 0 Å². The predicted molar refractivity (Wildman–Crippen MR) is 114 cm³/mol. The fourth-order valence-electron chi connectivity index (χ4n) is 5.25. The molecule has 0 atom stereocenters. The number of fused-ring (bicyclic) bond motifs is 1. The number of hydrogen-bond acceptors (Lipinski definition) is 5. The van der Waals surface area contributed by atoms with E-state index in [4.69, 9.17) is 0 Å². The maximum absolute atomic E-state index is 15.3. The fourth-order valence-corrected chi connectivity index (χ4v) is 5.25. The van der Waals surface area contributed by atoms with Gasteiger partial charge in [0.15, 0.2) is 0 Å². The summed E-state index contributed by atoms with van der Waals surface area (Å²) in [6.45, 7) is 0.678. The van der Waals surface area contributed by atoms with Gasteiger partial charge in [0.2, 0.25) is 11.8 Å². The van der Waals surface area contributed by atoms with Gasteiger partial charge in [0.05, 0.1) is 12.2 Å². The van der Waals surface area contributed by atoms with Crippen LogP contribution in [0.15, 0.2) is 12.1 Å². The summed E-state index contributed by atoms with van der Waals surface area (Å²) in [5.74, 6) is -0.718. The topological polar surface area (TPSA) is 78.0 Å². The van der Waals surface area contributed by atoms with Crippen LogP contribution in [0.4, 0.5) is 10.1 Å². The molecule has 0 unspecified atom stereocenters. The third-order valence-corrected chi connectivity index (χ3v) is 7.22. The number of Topliss-reactive ketones (excluding diaryl/α,β-unsaturated/α-hetero) is 1. The van der Waals surface area contributed by atoms with Crippen LogP contribution in [0.3, 0.4) is 0 Å². The van der Waals surface area contributed by atoms with Gasteiger partial charge in [-0.05, 0) is 43.7 Å². The minimum atomic E-state index is -0.439. The molecule has 0 radical (unpaired) electrons. The van der Waals surface area contributed by atoms with Gasteiger partial charge >= 0.3 is 0 Å². The van der Waals surface area contributed by atoms with E-state index in [1.807, 2.05) is 0 Å². The lowest BCUT2D eigenvalue weighted by molar-refractivity contribution is -0.163. The zero-order valence-corrected chi connectivity index (χ0v) is 18.1. The third kappa shape index (κ3) is 3.80. The Balaban J connectivity index is 1.49. The highest BCUT2D eigenvalue weighted by molar-refractivity contribution is 6.05. The summed E-state index contributed by atoms with van der Waals surface area (Å²) in [5, 5.41) is 2.14. The average Bonchev–Trinajstić information content (AvgIpc) is 3.54. The number of rotatable bonds is 6. The Morgan fingerprint density at radius 1 is 0.938 bits per heavy atom. The Bertz CT molecular complexity index is 964. The van der Waals surface area contributed by atoms with E-state index in [9.17, 15) is 19.2 Å². The predicted octanol–water partition coefficient (Wildman–Crippen LogP) is 3.35. The van der Waals surface area contributed by atoms with E-state index in [0.29, 0.717) is 61.4 Å². The van der Waals surface area contributed by atoms with Gasteiger partial charge in [-0.3, -0.25) is 19.2 Å². The molecular formula is C24H28FN3O4. The Labute approximate surface area is 186 Å². The maximum atomic E-state index is 15.3. The summed E-state index contributed by atoms with van der Waals surface area (Å²) >= 11 is 0.